The number of aromatic nitrogens is 1. The SMILES string of the molecule is C=C(C)C(=O)OCCCCCCCCCCc1ccc(/C=C/c2cc(OC)c(/C=C/c3ccncc3)cc2OC)cc1. The summed E-state index contributed by atoms with van der Waals surface area (Å²) in [6.45, 7) is 5.78. The minimum atomic E-state index is -0.282. The van der Waals surface area contributed by atoms with Gasteiger partial charge in [-0.05, 0) is 67.1 Å². The van der Waals surface area contributed by atoms with Gasteiger partial charge >= 0.3 is 5.97 Å². The van der Waals surface area contributed by atoms with Gasteiger partial charge in [0.05, 0.1) is 20.8 Å². The molecule has 0 bridgehead atoms. The maximum absolute atomic E-state index is 11.3. The van der Waals surface area contributed by atoms with Crippen LogP contribution in [0.25, 0.3) is 24.3 Å². The highest BCUT2D eigenvalue weighted by molar-refractivity contribution is 5.86. The van der Waals surface area contributed by atoms with Crippen molar-refractivity contribution < 1.29 is 19.0 Å². The van der Waals surface area contributed by atoms with Crippen LogP contribution in [0.4, 0.5) is 0 Å². The molecule has 0 aliphatic rings. The normalized spacial score (nSPS) is 11.2. The van der Waals surface area contributed by atoms with Gasteiger partial charge in [-0.2, -0.15) is 0 Å². The molecular formula is C37H45NO4. The molecule has 0 N–H and O–H groups in total. The van der Waals surface area contributed by atoms with E-state index in [1.807, 2.05) is 36.4 Å². The topological polar surface area (TPSA) is 57.7 Å². The Morgan fingerprint density at radius 1 is 0.714 bits per heavy atom. The molecule has 0 saturated heterocycles. The molecule has 1 heterocycles. The predicted octanol–water partition coefficient (Wildman–Crippen LogP) is 9.22. The molecule has 0 aliphatic heterocycles. The zero-order valence-corrected chi connectivity index (χ0v) is 25.4. The van der Waals surface area contributed by atoms with Crippen molar-refractivity contribution in [1.82, 2.24) is 4.98 Å². The Labute approximate surface area is 251 Å². The van der Waals surface area contributed by atoms with Crippen LogP contribution in [-0.4, -0.2) is 31.8 Å². The highest BCUT2D eigenvalue weighted by atomic mass is 16.5. The third kappa shape index (κ3) is 11.4. The third-order valence-electron chi connectivity index (χ3n) is 7.12. The Kier molecular flexibility index (Phi) is 14.1. The first kappa shape index (κ1) is 32.4. The number of pyridine rings is 1. The van der Waals surface area contributed by atoms with Crippen LogP contribution < -0.4 is 9.47 Å². The van der Waals surface area contributed by atoms with E-state index < -0.39 is 0 Å². The standard InChI is InChI=1S/C37H45NO4/c1-29(2)37(39)42-26-12-10-8-6-5-7-9-11-13-30-14-16-31(17-15-30)18-20-33-27-36(41-4)34(28-35(33)40-3)21-19-32-22-24-38-25-23-32/h14-25,27-28H,1,5-13,26H2,2-4H3/b20-18+,21-19+. The van der Waals surface area contributed by atoms with Gasteiger partial charge in [-0.1, -0.05) is 93.7 Å². The fourth-order valence-corrected chi connectivity index (χ4v) is 4.63. The van der Waals surface area contributed by atoms with Crippen LogP contribution in [0.15, 0.2) is 73.1 Å². The Morgan fingerprint density at radius 3 is 1.74 bits per heavy atom. The lowest BCUT2D eigenvalue weighted by Gasteiger charge is -2.11. The van der Waals surface area contributed by atoms with Crippen molar-refractivity contribution in [2.24, 2.45) is 0 Å². The van der Waals surface area contributed by atoms with Gasteiger partial charge in [0.2, 0.25) is 0 Å². The molecule has 0 spiro atoms. The zero-order valence-electron chi connectivity index (χ0n) is 25.4. The number of carbonyl (C=O) groups is 1. The van der Waals surface area contributed by atoms with Crippen LogP contribution >= 0.6 is 0 Å². The summed E-state index contributed by atoms with van der Waals surface area (Å²) in [7, 11) is 3.38. The Bertz CT molecular complexity index is 1310. The summed E-state index contributed by atoms with van der Waals surface area (Å²) >= 11 is 0. The smallest absolute Gasteiger partial charge is 0.333 e. The van der Waals surface area contributed by atoms with Crippen LogP contribution in [-0.2, 0) is 16.0 Å². The summed E-state index contributed by atoms with van der Waals surface area (Å²) in [4.78, 5) is 15.4. The number of hydrogen-bond donors (Lipinski definition) is 0. The summed E-state index contributed by atoms with van der Waals surface area (Å²) in [6, 6.07) is 16.7. The van der Waals surface area contributed by atoms with E-state index in [1.165, 1.54) is 44.1 Å². The number of ether oxygens (including phenoxy) is 3. The second-order valence-electron chi connectivity index (χ2n) is 10.5. The number of rotatable bonds is 18. The van der Waals surface area contributed by atoms with Crippen molar-refractivity contribution in [3.8, 4) is 11.5 Å². The summed E-state index contributed by atoms with van der Waals surface area (Å²) < 4.78 is 16.5. The first-order chi connectivity index (χ1) is 20.5. The van der Waals surface area contributed by atoms with Gasteiger partial charge in [0.15, 0.2) is 0 Å². The third-order valence-corrected chi connectivity index (χ3v) is 7.12. The fourth-order valence-electron chi connectivity index (χ4n) is 4.63. The van der Waals surface area contributed by atoms with E-state index in [0.29, 0.717) is 12.2 Å². The molecule has 0 amide bonds. The van der Waals surface area contributed by atoms with E-state index in [1.54, 1.807) is 33.5 Å². The summed E-state index contributed by atoms with van der Waals surface area (Å²) in [5, 5.41) is 0. The van der Waals surface area contributed by atoms with Crippen LogP contribution in [0.1, 0.15) is 86.1 Å². The first-order valence-electron chi connectivity index (χ1n) is 14.9. The van der Waals surface area contributed by atoms with Crippen LogP contribution in [0.2, 0.25) is 0 Å². The number of hydrogen-bond acceptors (Lipinski definition) is 5. The van der Waals surface area contributed by atoms with Gasteiger partial charge in [0, 0.05) is 29.1 Å². The highest BCUT2D eigenvalue weighted by Crippen LogP contribution is 2.31. The van der Waals surface area contributed by atoms with Crippen molar-refractivity contribution in [3.63, 3.8) is 0 Å². The summed E-state index contributed by atoms with van der Waals surface area (Å²) in [5.74, 6) is 1.30. The zero-order chi connectivity index (χ0) is 30.0. The Hall–Kier alpha value is -4.12. The first-order valence-corrected chi connectivity index (χ1v) is 14.9. The van der Waals surface area contributed by atoms with Gasteiger partial charge in [-0.25, -0.2) is 4.79 Å². The minimum absolute atomic E-state index is 0.282. The largest absolute Gasteiger partial charge is 0.496 e. The number of nitrogens with zero attached hydrogens (tertiary/aromatic N) is 1. The van der Waals surface area contributed by atoms with Gasteiger partial charge in [-0.3, -0.25) is 4.98 Å². The maximum Gasteiger partial charge on any atom is 0.333 e. The number of benzene rings is 2. The molecule has 2 aromatic carbocycles. The van der Waals surface area contributed by atoms with Crippen LogP contribution in [0.5, 0.6) is 11.5 Å². The van der Waals surface area contributed by atoms with E-state index in [9.17, 15) is 4.79 Å². The average Bonchev–Trinajstić information content (AvgIpc) is 3.02. The molecule has 222 valence electrons. The minimum Gasteiger partial charge on any atom is -0.496 e. The second kappa shape index (κ2) is 18.3. The molecule has 0 aliphatic carbocycles. The number of carbonyl (C=O) groups excluding carboxylic acids is 1. The van der Waals surface area contributed by atoms with Crippen molar-refractivity contribution in [2.45, 2.75) is 64.7 Å². The second-order valence-corrected chi connectivity index (χ2v) is 10.5. The van der Waals surface area contributed by atoms with Crippen molar-refractivity contribution in [1.29, 1.82) is 0 Å². The van der Waals surface area contributed by atoms with E-state index in [4.69, 9.17) is 14.2 Å². The predicted molar refractivity (Wildman–Crippen MR) is 174 cm³/mol. The Morgan fingerprint density at radius 2 is 1.21 bits per heavy atom. The molecule has 42 heavy (non-hydrogen) atoms. The molecule has 3 aromatic rings. The fraction of sp³-hybridized carbons (Fsp3) is 0.351. The molecule has 1 aromatic heterocycles. The molecule has 5 heteroatoms. The van der Waals surface area contributed by atoms with Crippen molar-refractivity contribution in [3.05, 3.63) is 101 Å². The average molecular weight is 568 g/mol. The van der Waals surface area contributed by atoms with Crippen molar-refractivity contribution in [2.75, 3.05) is 20.8 Å². The van der Waals surface area contributed by atoms with Gasteiger partial charge in [0.1, 0.15) is 11.5 Å². The van der Waals surface area contributed by atoms with Crippen LogP contribution in [0.3, 0.4) is 0 Å². The number of aryl methyl sites for hydroxylation is 1. The Balaban J connectivity index is 1.40. The van der Waals surface area contributed by atoms with Crippen LogP contribution in [0, 0.1) is 0 Å². The van der Waals surface area contributed by atoms with Gasteiger partial charge in [-0.15, -0.1) is 0 Å². The maximum atomic E-state index is 11.3. The quantitative estimate of drug-likeness (QED) is 0.0664. The molecular weight excluding hydrogens is 522 g/mol. The highest BCUT2D eigenvalue weighted by Gasteiger charge is 2.08. The molecule has 5 nitrogen and oxygen atoms in total. The lowest BCUT2D eigenvalue weighted by molar-refractivity contribution is -0.139. The lowest BCUT2D eigenvalue weighted by Crippen LogP contribution is -2.05. The molecule has 0 atom stereocenters. The molecule has 0 saturated carbocycles. The van der Waals surface area contributed by atoms with E-state index in [2.05, 4.69) is 48.0 Å². The molecule has 0 fully saturated rings. The van der Waals surface area contributed by atoms with E-state index in [-0.39, 0.29) is 5.97 Å². The van der Waals surface area contributed by atoms with Gasteiger partial charge < -0.3 is 14.2 Å². The summed E-state index contributed by atoms with van der Waals surface area (Å²) in [6.07, 6.45) is 22.4. The van der Waals surface area contributed by atoms with Gasteiger partial charge in [0.25, 0.3) is 0 Å². The number of unbranched alkanes of at least 4 members (excludes halogenated alkanes) is 7. The number of methoxy groups -OCH3 is 2. The number of esters is 1. The van der Waals surface area contributed by atoms with E-state index >= 15 is 0 Å². The molecule has 0 radical (unpaired) electrons. The monoisotopic (exact) mass is 567 g/mol. The van der Waals surface area contributed by atoms with E-state index in [0.717, 1.165) is 53.0 Å². The lowest BCUT2D eigenvalue weighted by atomic mass is 10.0. The molecule has 3 rings (SSSR count). The molecule has 0 unspecified atom stereocenters. The van der Waals surface area contributed by atoms with Crippen molar-refractivity contribution >= 4 is 30.3 Å². The summed E-state index contributed by atoms with van der Waals surface area (Å²) in [5.41, 5.74) is 5.98.